The molecule has 0 radical (unpaired) electrons. The Hall–Kier alpha value is -5.19. The molecular weight excluding hydrogens is 904 g/mol. The molecule has 12 heteroatoms. The Labute approximate surface area is 418 Å². The Morgan fingerprint density at radius 2 is 0.681 bits per heavy atom. The number of para-hydroxylation sites is 3. The van der Waals surface area contributed by atoms with E-state index in [0.717, 1.165) is 15.3 Å². The summed E-state index contributed by atoms with van der Waals surface area (Å²) in [4.78, 5) is 0. The molecule has 0 saturated carbocycles. The van der Waals surface area contributed by atoms with E-state index in [4.69, 9.17) is 0 Å². The van der Waals surface area contributed by atoms with Crippen molar-refractivity contribution in [2.24, 2.45) is 21.1 Å². The molecule has 0 saturated heterocycles. The maximum atomic E-state index is 2.62. The van der Waals surface area contributed by atoms with E-state index in [1.54, 1.807) is 0 Å². The predicted octanol–water partition coefficient (Wildman–Crippen LogP) is 15.6. The largest absolute Gasteiger partial charge is 0.330 e. The Morgan fingerprint density at radius 3 is 1.09 bits per heavy atom. The van der Waals surface area contributed by atoms with Crippen LogP contribution in [0, 0.1) is 0 Å². The van der Waals surface area contributed by atoms with Crippen molar-refractivity contribution >= 4 is 93.9 Å². The van der Waals surface area contributed by atoms with E-state index in [1.165, 1.54) is 78.4 Å². The van der Waals surface area contributed by atoms with Crippen LogP contribution in [-0.2, 0) is 27.6 Å². The highest BCUT2D eigenvalue weighted by molar-refractivity contribution is 7.44. The average molecular weight is 980 g/mol. The standard InChI is InChI=1S/C21H26N3P.C20H24N3P.C15H22N3P.CH4/c1-15(2)23-21-20(18-12-8-9-13-19(18)22(21)4)24(25-23)16(3)14-17-10-6-5-7-11-17;1-14(2)22-20-19(17-12-8-9-13-18(17)21(20)4)23(24-22)15(3)16-10-6-5-7-11-16;1-10(2)17-14-12-8-6-7-9-13(12)16(5)15(14)18(19-17)11(3)4;/h5-13,15-16,25H,14H2,1-4H3;5-15,24H,1-4H3;6-11,19H,1-5H3;1H4/t16-;15-;;/m00../s1. The van der Waals surface area contributed by atoms with Crippen molar-refractivity contribution in [1.82, 2.24) is 13.7 Å². The summed E-state index contributed by atoms with van der Waals surface area (Å²) in [6, 6.07) is 50.8. The van der Waals surface area contributed by atoms with E-state index in [2.05, 4.69) is 266 Å². The number of fused-ring (bicyclic) bond motifs is 9. The van der Waals surface area contributed by atoms with Gasteiger partial charge in [-0.05, 0) is 105 Å². The molecule has 5 atom stereocenters. The van der Waals surface area contributed by atoms with Crippen molar-refractivity contribution in [3.05, 3.63) is 145 Å². The summed E-state index contributed by atoms with van der Waals surface area (Å²) in [5.74, 6) is 4.10. The third kappa shape index (κ3) is 9.09. The number of aromatic nitrogens is 3. The number of benzene rings is 5. The number of nitrogens with zero attached hydrogens (tertiary/aromatic N) is 9. The second kappa shape index (κ2) is 20.6. The second-order valence-electron chi connectivity index (χ2n) is 19.8. The number of hydrogen-bond acceptors (Lipinski definition) is 6. The van der Waals surface area contributed by atoms with Gasteiger partial charge in [0.25, 0.3) is 0 Å². The first-order valence-corrected chi connectivity index (χ1v) is 27.2. The Kier molecular flexibility index (Phi) is 15.0. The third-order valence-electron chi connectivity index (χ3n) is 13.8. The van der Waals surface area contributed by atoms with Crippen LogP contribution in [0.25, 0.3) is 32.7 Å². The van der Waals surface area contributed by atoms with Gasteiger partial charge in [0.05, 0.1) is 66.3 Å². The summed E-state index contributed by atoms with van der Waals surface area (Å²) in [5.41, 5.74) is 10.9. The zero-order valence-corrected chi connectivity index (χ0v) is 45.4. The fourth-order valence-electron chi connectivity index (χ4n) is 10.2. The van der Waals surface area contributed by atoms with E-state index >= 15 is 0 Å². The van der Waals surface area contributed by atoms with Crippen LogP contribution in [0.3, 0.4) is 0 Å². The number of rotatable bonds is 9. The molecule has 0 amide bonds. The summed E-state index contributed by atoms with van der Waals surface area (Å²) in [6.07, 6.45) is 1.07. The van der Waals surface area contributed by atoms with Crippen molar-refractivity contribution in [1.29, 1.82) is 0 Å². The van der Waals surface area contributed by atoms with Gasteiger partial charge in [-0.2, -0.15) is 0 Å². The molecule has 3 aliphatic heterocycles. The lowest BCUT2D eigenvalue weighted by Gasteiger charge is -2.30. The Morgan fingerprint density at radius 1 is 0.362 bits per heavy atom. The summed E-state index contributed by atoms with van der Waals surface area (Å²) in [5, 5.41) is 4.10. The molecule has 364 valence electrons. The van der Waals surface area contributed by atoms with Gasteiger partial charge in [0.15, 0.2) is 0 Å². The lowest BCUT2D eigenvalue weighted by atomic mass is 10.1. The van der Waals surface area contributed by atoms with Crippen LogP contribution >= 0.6 is 26.6 Å². The molecular formula is C57H76N9P3. The highest BCUT2D eigenvalue weighted by atomic mass is 31.1. The molecule has 0 bridgehead atoms. The van der Waals surface area contributed by atoms with Crippen LogP contribution in [0.1, 0.15) is 93.8 Å². The molecule has 0 N–H and O–H groups in total. The van der Waals surface area contributed by atoms with Crippen LogP contribution in [0.5, 0.6) is 0 Å². The molecule has 0 spiro atoms. The summed E-state index contributed by atoms with van der Waals surface area (Å²) >= 11 is 0. The summed E-state index contributed by atoms with van der Waals surface area (Å²) < 4.78 is 22.4. The average Bonchev–Trinajstić information content (AvgIpc) is 4.19. The lowest BCUT2D eigenvalue weighted by Crippen LogP contribution is -2.28. The molecule has 3 aliphatic rings. The molecule has 69 heavy (non-hydrogen) atoms. The van der Waals surface area contributed by atoms with Crippen molar-refractivity contribution < 1.29 is 0 Å². The summed E-state index contributed by atoms with van der Waals surface area (Å²) in [6.45, 7) is 22.9. The highest BCUT2D eigenvalue weighted by Gasteiger charge is 2.38. The van der Waals surface area contributed by atoms with Crippen LogP contribution in [0.15, 0.2) is 133 Å². The van der Waals surface area contributed by atoms with Gasteiger partial charge in [0.1, 0.15) is 17.5 Å². The van der Waals surface area contributed by atoms with E-state index in [0.29, 0.717) is 54.0 Å². The van der Waals surface area contributed by atoms with E-state index < -0.39 is 0 Å². The molecule has 0 fully saturated rings. The molecule has 3 aromatic heterocycles. The Bertz CT molecular complexity index is 3010. The zero-order valence-electron chi connectivity index (χ0n) is 42.4. The van der Waals surface area contributed by atoms with Crippen LogP contribution in [0.4, 0.5) is 34.5 Å². The second-order valence-corrected chi connectivity index (χ2v) is 23.3. The fraction of sp³-hybridized carbons (Fsp3) is 0.368. The molecule has 6 heterocycles. The van der Waals surface area contributed by atoms with E-state index in [1.807, 2.05) is 0 Å². The molecule has 9 nitrogen and oxygen atoms in total. The minimum Gasteiger partial charge on any atom is -0.330 e. The van der Waals surface area contributed by atoms with E-state index in [9.17, 15) is 0 Å². The van der Waals surface area contributed by atoms with E-state index in [-0.39, 0.29) is 7.43 Å². The minimum atomic E-state index is 0. The number of hydrogen-bond donors (Lipinski definition) is 0. The lowest BCUT2D eigenvalue weighted by molar-refractivity contribution is 0.744. The monoisotopic (exact) mass is 980 g/mol. The van der Waals surface area contributed by atoms with Gasteiger partial charge in [-0.3, -0.25) is 0 Å². The van der Waals surface area contributed by atoms with Gasteiger partial charge in [0.2, 0.25) is 0 Å². The quantitative estimate of drug-likeness (QED) is 0.134. The van der Waals surface area contributed by atoms with Crippen LogP contribution < -0.4 is 28.0 Å². The summed E-state index contributed by atoms with van der Waals surface area (Å²) in [7, 11) is 8.61. The molecule has 3 unspecified atom stereocenters. The maximum Gasteiger partial charge on any atom is 0.138 e. The van der Waals surface area contributed by atoms with Gasteiger partial charge < -0.3 is 41.7 Å². The van der Waals surface area contributed by atoms with Crippen LogP contribution in [-0.4, -0.2) is 43.9 Å². The molecule has 11 rings (SSSR count). The SMILES string of the molecule is C.CC(C)N1PN(C(C)C)c2c1c1ccccc1n2C.CC(C)N1PN([C@@H](C)Cc2ccccc2)c2c1n(C)c1ccccc21.CC(C)N1PN([C@@H](C)c2ccccc2)c2c1n(C)c1ccccc21. The van der Waals surface area contributed by atoms with Gasteiger partial charge in [0, 0.05) is 67.5 Å². The first-order chi connectivity index (χ1) is 32.7. The van der Waals surface area contributed by atoms with Crippen molar-refractivity contribution in [3.8, 4) is 0 Å². The van der Waals surface area contributed by atoms with Crippen molar-refractivity contribution in [3.63, 3.8) is 0 Å². The topological polar surface area (TPSA) is 34.2 Å². The smallest absolute Gasteiger partial charge is 0.138 e. The Balaban J connectivity index is 0.000000140. The van der Waals surface area contributed by atoms with Gasteiger partial charge >= 0.3 is 0 Å². The minimum absolute atomic E-state index is 0. The number of aryl methyl sites for hydroxylation is 3. The van der Waals surface area contributed by atoms with Crippen molar-refractivity contribution in [2.75, 3.05) is 28.0 Å². The third-order valence-corrected chi connectivity index (χ3v) is 19.2. The molecule has 0 aliphatic carbocycles. The van der Waals surface area contributed by atoms with Gasteiger partial charge in [-0.25, -0.2) is 0 Å². The fourth-order valence-corrected chi connectivity index (χ4v) is 14.5. The maximum absolute atomic E-state index is 2.62. The molecule has 8 aromatic rings. The normalized spacial score (nSPS) is 16.1. The van der Waals surface area contributed by atoms with Gasteiger partial charge in [-0.1, -0.05) is 123 Å². The van der Waals surface area contributed by atoms with Gasteiger partial charge in [-0.15, -0.1) is 0 Å². The first kappa shape index (κ1) is 50.2. The zero-order chi connectivity index (χ0) is 48.1. The predicted molar refractivity (Wildman–Crippen MR) is 310 cm³/mol. The highest BCUT2D eigenvalue weighted by Crippen LogP contribution is 2.58. The molecule has 5 aromatic carbocycles. The number of anilines is 6. The van der Waals surface area contributed by atoms with Crippen molar-refractivity contribution in [2.45, 2.75) is 119 Å². The first-order valence-electron chi connectivity index (χ1n) is 24.5. The van der Waals surface area contributed by atoms with Crippen LogP contribution in [0.2, 0.25) is 0 Å².